The molecule has 0 amide bonds. The van der Waals surface area contributed by atoms with E-state index >= 15 is 0 Å². The second-order valence-electron chi connectivity index (χ2n) is 4.23. The van der Waals surface area contributed by atoms with Gasteiger partial charge in [0.1, 0.15) is 0 Å². The molecule has 90 valence electrons. The zero-order valence-electron chi connectivity index (χ0n) is 8.97. The van der Waals surface area contributed by atoms with E-state index in [1.54, 1.807) is 0 Å². The molecule has 2 nitrogen and oxygen atoms in total. The predicted octanol–water partition coefficient (Wildman–Crippen LogP) is 2.87. The molecule has 0 unspecified atom stereocenters. The Kier molecular flexibility index (Phi) is 5.50. The summed E-state index contributed by atoms with van der Waals surface area (Å²) < 4.78 is 1.14. The third-order valence-electron chi connectivity index (χ3n) is 3.27. The summed E-state index contributed by atoms with van der Waals surface area (Å²) in [6.45, 7) is 0. The molecule has 4 heteroatoms. The van der Waals surface area contributed by atoms with Crippen molar-refractivity contribution < 1.29 is 5.11 Å². The summed E-state index contributed by atoms with van der Waals surface area (Å²) >= 11 is 2.27. The van der Waals surface area contributed by atoms with Crippen LogP contribution in [0.1, 0.15) is 30.9 Å². The molecule has 0 aliphatic heterocycles. The summed E-state index contributed by atoms with van der Waals surface area (Å²) in [5.74, 6) is 0.413. The van der Waals surface area contributed by atoms with Crippen LogP contribution in [0, 0.1) is 9.49 Å². The zero-order chi connectivity index (χ0) is 10.8. The maximum Gasteiger partial charge on any atom is 0.0761 e. The molecule has 2 rings (SSSR count). The van der Waals surface area contributed by atoms with Gasteiger partial charge >= 0.3 is 0 Å². The second kappa shape index (κ2) is 6.19. The lowest BCUT2D eigenvalue weighted by molar-refractivity contribution is 0.0412. The van der Waals surface area contributed by atoms with Gasteiger partial charge in [0.15, 0.2) is 0 Å². The van der Waals surface area contributed by atoms with Crippen molar-refractivity contribution in [1.29, 1.82) is 0 Å². The molecular formula is C12H17ClINO. The molecule has 0 aromatic heterocycles. The molecule has 0 spiro atoms. The largest absolute Gasteiger partial charge is 0.391 e. The Balaban J connectivity index is 0.00000128. The van der Waals surface area contributed by atoms with Crippen LogP contribution in [0.15, 0.2) is 24.3 Å². The van der Waals surface area contributed by atoms with Gasteiger partial charge in [0.25, 0.3) is 0 Å². The van der Waals surface area contributed by atoms with Gasteiger partial charge in [-0.1, -0.05) is 24.6 Å². The smallest absolute Gasteiger partial charge is 0.0761 e. The lowest BCUT2D eigenvalue weighted by Crippen LogP contribution is -2.36. The van der Waals surface area contributed by atoms with Crippen LogP contribution in [0.25, 0.3) is 0 Å². The summed E-state index contributed by atoms with van der Waals surface area (Å²) in [5, 5.41) is 10.1. The van der Waals surface area contributed by atoms with Crippen molar-refractivity contribution in [3.8, 4) is 0 Å². The first-order valence-corrected chi connectivity index (χ1v) is 6.46. The molecular weight excluding hydrogens is 336 g/mol. The number of benzene rings is 1. The quantitative estimate of drug-likeness (QED) is 0.821. The summed E-state index contributed by atoms with van der Waals surface area (Å²) in [4.78, 5) is 0. The van der Waals surface area contributed by atoms with Crippen molar-refractivity contribution in [1.82, 2.24) is 0 Å². The van der Waals surface area contributed by atoms with Crippen LogP contribution < -0.4 is 5.73 Å². The van der Waals surface area contributed by atoms with E-state index < -0.39 is 0 Å². The molecule has 0 bridgehead atoms. The molecule has 3 N–H and O–H groups in total. The normalized spacial score (nSPS) is 19.4. The van der Waals surface area contributed by atoms with Gasteiger partial charge in [-0.15, -0.1) is 12.4 Å². The standard InChI is InChI=1S/C12H16INO.ClH/c13-10-7-2-1-6-9(10)11(14)12(15)8-4-3-5-8;/h1-2,6-8,11-12,15H,3-5,14H2;1H/t11-,12+;/m0./s1. The molecule has 1 fully saturated rings. The molecule has 1 aromatic rings. The van der Waals surface area contributed by atoms with E-state index in [4.69, 9.17) is 5.73 Å². The first-order valence-electron chi connectivity index (χ1n) is 5.38. The number of nitrogens with two attached hydrogens (primary N) is 1. The fourth-order valence-corrected chi connectivity index (χ4v) is 2.75. The summed E-state index contributed by atoms with van der Waals surface area (Å²) in [5.41, 5.74) is 7.16. The molecule has 0 heterocycles. The minimum Gasteiger partial charge on any atom is -0.391 e. The minimum atomic E-state index is -0.380. The van der Waals surface area contributed by atoms with E-state index in [9.17, 15) is 5.11 Å². The molecule has 1 aliphatic carbocycles. The van der Waals surface area contributed by atoms with Crippen LogP contribution in [0.4, 0.5) is 0 Å². The van der Waals surface area contributed by atoms with Crippen molar-refractivity contribution >= 4 is 35.0 Å². The predicted molar refractivity (Wildman–Crippen MR) is 76.7 cm³/mol. The number of hydrogen-bond donors (Lipinski definition) is 2. The van der Waals surface area contributed by atoms with Gasteiger partial charge in [0.2, 0.25) is 0 Å². The van der Waals surface area contributed by atoms with Gasteiger partial charge in [-0.3, -0.25) is 0 Å². The number of rotatable bonds is 3. The average molecular weight is 354 g/mol. The van der Waals surface area contributed by atoms with Gasteiger partial charge in [-0.2, -0.15) is 0 Å². The Bertz CT molecular complexity index is 344. The Hall–Kier alpha value is 0.160. The van der Waals surface area contributed by atoms with Crippen LogP contribution in [0.5, 0.6) is 0 Å². The maximum atomic E-state index is 10.1. The van der Waals surface area contributed by atoms with Gasteiger partial charge in [0.05, 0.1) is 12.1 Å². The number of hydrogen-bond acceptors (Lipinski definition) is 2. The lowest BCUT2D eigenvalue weighted by Gasteiger charge is -2.34. The van der Waals surface area contributed by atoms with E-state index in [-0.39, 0.29) is 24.6 Å². The fraction of sp³-hybridized carbons (Fsp3) is 0.500. The SMILES string of the molecule is Cl.N[C@@H](c1ccccc1I)[C@H](O)C1CCC1. The van der Waals surface area contributed by atoms with Crippen LogP contribution in [0.3, 0.4) is 0 Å². The first-order chi connectivity index (χ1) is 7.20. The first kappa shape index (κ1) is 14.2. The summed E-state index contributed by atoms with van der Waals surface area (Å²) in [7, 11) is 0. The molecule has 1 saturated carbocycles. The van der Waals surface area contributed by atoms with Gasteiger partial charge in [0, 0.05) is 3.57 Å². The van der Waals surface area contributed by atoms with Crippen molar-refractivity contribution in [3.63, 3.8) is 0 Å². The number of aliphatic hydroxyl groups excluding tert-OH is 1. The van der Waals surface area contributed by atoms with Crippen molar-refractivity contribution in [2.24, 2.45) is 11.7 Å². The highest BCUT2D eigenvalue weighted by Crippen LogP contribution is 2.35. The van der Waals surface area contributed by atoms with Gasteiger partial charge in [-0.25, -0.2) is 0 Å². The molecule has 16 heavy (non-hydrogen) atoms. The maximum absolute atomic E-state index is 10.1. The van der Waals surface area contributed by atoms with Crippen LogP contribution >= 0.6 is 35.0 Å². The van der Waals surface area contributed by atoms with E-state index in [1.165, 1.54) is 6.42 Å². The van der Waals surface area contributed by atoms with Crippen molar-refractivity contribution in [2.75, 3.05) is 0 Å². The molecule has 2 atom stereocenters. The van der Waals surface area contributed by atoms with Crippen LogP contribution in [0.2, 0.25) is 0 Å². The third-order valence-corrected chi connectivity index (χ3v) is 4.25. The highest BCUT2D eigenvalue weighted by molar-refractivity contribution is 14.1. The highest BCUT2D eigenvalue weighted by atomic mass is 127. The topological polar surface area (TPSA) is 46.2 Å². The van der Waals surface area contributed by atoms with Crippen LogP contribution in [-0.4, -0.2) is 11.2 Å². The summed E-state index contributed by atoms with van der Waals surface area (Å²) in [6, 6.07) is 7.78. The highest BCUT2D eigenvalue weighted by Gasteiger charge is 2.31. The van der Waals surface area contributed by atoms with Crippen LogP contribution in [-0.2, 0) is 0 Å². The van der Waals surface area contributed by atoms with Gasteiger partial charge < -0.3 is 10.8 Å². The molecule has 1 aliphatic rings. The molecule has 0 radical (unpaired) electrons. The lowest BCUT2D eigenvalue weighted by atomic mass is 9.77. The van der Waals surface area contributed by atoms with E-state index in [0.29, 0.717) is 5.92 Å². The third kappa shape index (κ3) is 2.88. The Morgan fingerprint density at radius 3 is 2.44 bits per heavy atom. The average Bonchev–Trinajstić information content (AvgIpc) is 2.15. The zero-order valence-corrected chi connectivity index (χ0v) is 11.9. The number of aliphatic hydroxyl groups is 1. The van der Waals surface area contributed by atoms with E-state index in [2.05, 4.69) is 22.6 Å². The monoisotopic (exact) mass is 353 g/mol. The fourth-order valence-electron chi connectivity index (χ4n) is 2.00. The Morgan fingerprint density at radius 1 is 1.31 bits per heavy atom. The Morgan fingerprint density at radius 2 is 1.94 bits per heavy atom. The van der Waals surface area contributed by atoms with Gasteiger partial charge in [-0.05, 0) is 53.0 Å². The molecule has 1 aromatic carbocycles. The Labute approximate surface area is 116 Å². The minimum absolute atomic E-state index is 0. The van der Waals surface area contributed by atoms with Crippen molar-refractivity contribution in [3.05, 3.63) is 33.4 Å². The molecule has 0 saturated heterocycles. The van der Waals surface area contributed by atoms with E-state index in [0.717, 1.165) is 22.0 Å². The second-order valence-corrected chi connectivity index (χ2v) is 5.39. The van der Waals surface area contributed by atoms with E-state index in [1.807, 2.05) is 24.3 Å². The number of halogens is 2. The summed E-state index contributed by atoms with van der Waals surface area (Å²) in [6.07, 6.45) is 3.10. The van der Waals surface area contributed by atoms with Crippen molar-refractivity contribution in [2.45, 2.75) is 31.4 Å².